The number of rotatable bonds is 4. The molecule has 16 heavy (non-hydrogen) atoms. The molecule has 1 aromatic heterocycles. The first-order valence-electron chi connectivity index (χ1n) is 5.85. The fraction of sp³-hybridized carbons (Fsp3) is 0.357. The summed E-state index contributed by atoms with van der Waals surface area (Å²) in [5.41, 5.74) is 1.01. The van der Waals surface area contributed by atoms with Gasteiger partial charge in [0.1, 0.15) is 5.75 Å². The molecule has 0 bridgehead atoms. The molecule has 2 rings (SSSR count). The summed E-state index contributed by atoms with van der Waals surface area (Å²) in [5.74, 6) is 0.868. The molecular formula is C14H17NO. The largest absolute Gasteiger partial charge is 0.489 e. The van der Waals surface area contributed by atoms with E-state index in [1.54, 1.807) is 6.20 Å². The van der Waals surface area contributed by atoms with E-state index in [1.807, 2.05) is 18.2 Å². The fourth-order valence-corrected chi connectivity index (χ4v) is 1.76. The van der Waals surface area contributed by atoms with Gasteiger partial charge in [0.2, 0.25) is 0 Å². The maximum Gasteiger partial charge on any atom is 0.138 e. The summed E-state index contributed by atoms with van der Waals surface area (Å²) >= 11 is 0. The summed E-state index contributed by atoms with van der Waals surface area (Å²) in [6.07, 6.45) is 4.16. The molecule has 2 aromatic rings. The standard InChI is InChI=1S/C14H17NO/c1-3-12(4-2)16-13-9-11-7-5-6-8-14(11)15-10-13/h5-10,12H,3-4H2,1-2H3. The van der Waals surface area contributed by atoms with Gasteiger partial charge in [-0.05, 0) is 25.0 Å². The topological polar surface area (TPSA) is 22.1 Å². The quantitative estimate of drug-likeness (QED) is 0.773. The average molecular weight is 215 g/mol. The summed E-state index contributed by atoms with van der Waals surface area (Å²) in [6, 6.07) is 10.1. The number of aromatic nitrogens is 1. The van der Waals surface area contributed by atoms with Crippen LogP contribution in [0.5, 0.6) is 5.75 Å². The molecule has 0 amide bonds. The number of benzene rings is 1. The van der Waals surface area contributed by atoms with E-state index in [4.69, 9.17) is 4.74 Å². The molecule has 0 aliphatic heterocycles. The molecule has 1 aromatic carbocycles. The summed E-state index contributed by atoms with van der Waals surface area (Å²) in [4.78, 5) is 4.38. The molecule has 0 unspecified atom stereocenters. The van der Waals surface area contributed by atoms with Gasteiger partial charge in [0.15, 0.2) is 0 Å². The zero-order valence-corrected chi connectivity index (χ0v) is 9.81. The van der Waals surface area contributed by atoms with Gasteiger partial charge in [-0.3, -0.25) is 4.98 Å². The highest BCUT2D eigenvalue weighted by atomic mass is 16.5. The molecule has 0 aliphatic rings. The molecule has 0 fully saturated rings. The van der Waals surface area contributed by atoms with E-state index in [0.717, 1.165) is 29.5 Å². The van der Waals surface area contributed by atoms with E-state index in [0.29, 0.717) is 6.10 Å². The number of nitrogens with zero attached hydrogens (tertiary/aromatic N) is 1. The van der Waals surface area contributed by atoms with E-state index in [2.05, 4.69) is 31.0 Å². The van der Waals surface area contributed by atoms with Crippen LogP contribution in [0.4, 0.5) is 0 Å². The van der Waals surface area contributed by atoms with Crippen molar-refractivity contribution in [1.82, 2.24) is 4.98 Å². The molecule has 2 heteroatoms. The first-order valence-corrected chi connectivity index (χ1v) is 5.85. The molecule has 0 spiro atoms. The Hall–Kier alpha value is -1.57. The van der Waals surface area contributed by atoms with Crippen LogP contribution >= 0.6 is 0 Å². The Labute approximate surface area is 96.3 Å². The van der Waals surface area contributed by atoms with Crippen LogP contribution < -0.4 is 4.74 Å². The number of para-hydroxylation sites is 1. The maximum absolute atomic E-state index is 5.86. The van der Waals surface area contributed by atoms with Gasteiger partial charge in [0.05, 0.1) is 17.8 Å². The third-order valence-corrected chi connectivity index (χ3v) is 2.78. The lowest BCUT2D eigenvalue weighted by molar-refractivity contribution is 0.192. The normalized spacial score (nSPS) is 10.9. The molecule has 0 saturated heterocycles. The van der Waals surface area contributed by atoms with Gasteiger partial charge >= 0.3 is 0 Å². The SMILES string of the molecule is CCC(CC)Oc1cnc2ccccc2c1. The van der Waals surface area contributed by atoms with Crippen LogP contribution in [0.15, 0.2) is 36.5 Å². The lowest BCUT2D eigenvalue weighted by Crippen LogP contribution is -2.13. The van der Waals surface area contributed by atoms with Crippen LogP contribution in [-0.4, -0.2) is 11.1 Å². The van der Waals surface area contributed by atoms with Gasteiger partial charge in [-0.25, -0.2) is 0 Å². The van der Waals surface area contributed by atoms with Gasteiger partial charge in [-0.2, -0.15) is 0 Å². The zero-order chi connectivity index (χ0) is 11.4. The van der Waals surface area contributed by atoms with Crippen LogP contribution in [0, 0.1) is 0 Å². The molecular weight excluding hydrogens is 198 g/mol. The second-order valence-corrected chi connectivity index (χ2v) is 3.92. The van der Waals surface area contributed by atoms with Crippen molar-refractivity contribution in [2.45, 2.75) is 32.8 Å². The maximum atomic E-state index is 5.86. The predicted molar refractivity (Wildman–Crippen MR) is 66.7 cm³/mol. The summed E-state index contributed by atoms with van der Waals surface area (Å²) in [5, 5.41) is 1.13. The van der Waals surface area contributed by atoms with Gasteiger partial charge in [-0.1, -0.05) is 32.0 Å². The predicted octanol–water partition coefficient (Wildman–Crippen LogP) is 3.80. The van der Waals surface area contributed by atoms with Gasteiger partial charge in [0.25, 0.3) is 0 Å². The average Bonchev–Trinajstić information content (AvgIpc) is 2.35. The monoisotopic (exact) mass is 215 g/mol. The van der Waals surface area contributed by atoms with Crippen molar-refractivity contribution in [3.8, 4) is 5.75 Å². The van der Waals surface area contributed by atoms with Crippen molar-refractivity contribution in [2.75, 3.05) is 0 Å². The molecule has 0 aliphatic carbocycles. The molecule has 1 heterocycles. The smallest absolute Gasteiger partial charge is 0.138 e. The Balaban J connectivity index is 2.25. The molecule has 0 N–H and O–H groups in total. The Morgan fingerprint density at radius 2 is 1.94 bits per heavy atom. The minimum absolute atomic E-state index is 0.294. The van der Waals surface area contributed by atoms with Crippen LogP contribution in [-0.2, 0) is 0 Å². The van der Waals surface area contributed by atoms with Gasteiger partial charge < -0.3 is 4.74 Å². The first-order chi connectivity index (χ1) is 7.83. The Morgan fingerprint density at radius 3 is 2.69 bits per heavy atom. The van der Waals surface area contributed by atoms with E-state index >= 15 is 0 Å². The van der Waals surface area contributed by atoms with Crippen molar-refractivity contribution in [2.24, 2.45) is 0 Å². The number of fused-ring (bicyclic) bond motifs is 1. The first kappa shape index (κ1) is 10.9. The molecule has 0 saturated carbocycles. The van der Waals surface area contributed by atoms with Crippen LogP contribution in [0.3, 0.4) is 0 Å². The van der Waals surface area contributed by atoms with Crippen molar-refractivity contribution in [3.05, 3.63) is 36.5 Å². The minimum Gasteiger partial charge on any atom is -0.489 e. The van der Waals surface area contributed by atoms with E-state index in [-0.39, 0.29) is 0 Å². The summed E-state index contributed by atoms with van der Waals surface area (Å²) in [6.45, 7) is 4.28. The van der Waals surface area contributed by atoms with Crippen LogP contribution in [0.1, 0.15) is 26.7 Å². The van der Waals surface area contributed by atoms with Crippen LogP contribution in [0.2, 0.25) is 0 Å². The Kier molecular flexibility index (Phi) is 3.40. The highest BCUT2D eigenvalue weighted by Gasteiger charge is 2.05. The fourth-order valence-electron chi connectivity index (χ4n) is 1.76. The zero-order valence-electron chi connectivity index (χ0n) is 9.81. The highest BCUT2D eigenvalue weighted by Crippen LogP contribution is 2.20. The minimum atomic E-state index is 0.294. The molecule has 0 atom stereocenters. The Bertz CT molecular complexity index is 463. The molecule has 84 valence electrons. The second-order valence-electron chi connectivity index (χ2n) is 3.92. The number of hydrogen-bond donors (Lipinski definition) is 0. The lowest BCUT2D eigenvalue weighted by Gasteiger charge is -2.15. The van der Waals surface area contributed by atoms with E-state index in [9.17, 15) is 0 Å². The van der Waals surface area contributed by atoms with Gasteiger partial charge in [-0.15, -0.1) is 0 Å². The summed E-state index contributed by atoms with van der Waals surface area (Å²) < 4.78 is 5.86. The van der Waals surface area contributed by atoms with Crippen molar-refractivity contribution >= 4 is 10.9 Å². The van der Waals surface area contributed by atoms with Crippen molar-refractivity contribution in [3.63, 3.8) is 0 Å². The molecule has 0 radical (unpaired) electrons. The van der Waals surface area contributed by atoms with Crippen LogP contribution in [0.25, 0.3) is 10.9 Å². The second kappa shape index (κ2) is 4.97. The van der Waals surface area contributed by atoms with E-state index < -0.39 is 0 Å². The number of hydrogen-bond acceptors (Lipinski definition) is 2. The van der Waals surface area contributed by atoms with Crippen molar-refractivity contribution in [1.29, 1.82) is 0 Å². The highest BCUT2D eigenvalue weighted by molar-refractivity contribution is 5.79. The number of pyridine rings is 1. The van der Waals surface area contributed by atoms with Crippen molar-refractivity contribution < 1.29 is 4.74 Å². The molecule has 2 nitrogen and oxygen atoms in total. The van der Waals surface area contributed by atoms with E-state index in [1.165, 1.54) is 0 Å². The number of ether oxygens (including phenoxy) is 1. The third-order valence-electron chi connectivity index (χ3n) is 2.78. The lowest BCUT2D eigenvalue weighted by atomic mass is 10.2. The summed E-state index contributed by atoms with van der Waals surface area (Å²) in [7, 11) is 0. The Morgan fingerprint density at radius 1 is 1.19 bits per heavy atom. The third kappa shape index (κ3) is 2.32. The van der Waals surface area contributed by atoms with Gasteiger partial charge in [0, 0.05) is 5.39 Å².